The maximum absolute atomic E-state index is 15.0. The summed E-state index contributed by atoms with van der Waals surface area (Å²) in [6.45, 7) is 7.28. The highest BCUT2D eigenvalue weighted by Gasteiger charge is 2.37. The Bertz CT molecular complexity index is 2220. The van der Waals surface area contributed by atoms with Crippen LogP contribution in [0.15, 0.2) is 115 Å². The molecule has 2 amide bonds. The molecule has 0 aromatic heterocycles. The summed E-state index contributed by atoms with van der Waals surface area (Å²) in [5, 5.41) is 3.56. The van der Waals surface area contributed by atoms with Crippen LogP contribution in [-0.4, -0.2) is 85.2 Å². The Labute approximate surface area is 362 Å². The molecule has 0 saturated carbocycles. The quantitative estimate of drug-likeness (QED) is 0.106. The summed E-state index contributed by atoms with van der Waals surface area (Å²) in [6, 6.07) is 33.7. The maximum Gasteiger partial charge on any atom is 0.408 e. The molecule has 1 N–H and O–H groups in total. The molecule has 2 saturated heterocycles. The molecule has 0 spiro atoms. The highest BCUT2D eigenvalue weighted by atomic mass is 35.5. The van der Waals surface area contributed by atoms with E-state index in [2.05, 4.69) is 15.1 Å². The number of halogens is 3. The average molecular weight is 851 g/mol. The van der Waals surface area contributed by atoms with E-state index in [9.17, 15) is 18.4 Å². The smallest absolute Gasteiger partial charge is 0.408 e. The summed E-state index contributed by atoms with van der Waals surface area (Å²) in [4.78, 5) is 33.9. The lowest BCUT2D eigenvalue weighted by Gasteiger charge is -2.40. The van der Waals surface area contributed by atoms with E-state index in [-0.39, 0.29) is 30.1 Å². The summed E-state index contributed by atoms with van der Waals surface area (Å²) in [5.74, 6) is 0.0364. The molecule has 0 radical (unpaired) electrons. The number of alkyl carbamates (subject to hydrolysis) is 1. The van der Waals surface area contributed by atoms with Crippen LogP contribution in [0.5, 0.6) is 11.5 Å². The molecule has 1 atom stereocenters. The van der Waals surface area contributed by atoms with Crippen LogP contribution < -0.4 is 14.8 Å². The van der Waals surface area contributed by atoms with Gasteiger partial charge in [-0.15, -0.1) is 0 Å². The number of piperidine rings is 1. The van der Waals surface area contributed by atoms with Gasteiger partial charge in [-0.25, -0.2) is 13.6 Å². The summed E-state index contributed by atoms with van der Waals surface area (Å²) in [5.41, 5.74) is 4.94. The van der Waals surface area contributed by atoms with Crippen LogP contribution >= 0.6 is 11.6 Å². The molecule has 5 aromatic carbocycles. The van der Waals surface area contributed by atoms with Crippen LogP contribution in [0, 0.1) is 17.6 Å². The number of ether oxygens (including phenoxy) is 3. The summed E-state index contributed by atoms with van der Waals surface area (Å²) < 4.78 is 47.1. The van der Waals surface area contributed by atoms with Crippen molar-refractivity contribution in [1.29, 1.82) is 0 Å². The fourth-order valence-corrected chi connectivity index (χ4v) is 8.38. The van der Waals surface area contributed by atoms with Crippen LogP contribution in [0.4, 0.5) is 13.6 Å². The monoisotopic (exact) mass is 850 g/mol. The van der Waals surface area contributed by atoms with Crippen LogP contribution in [0.25, 0.3) is 11.1 Å². The number of carbonyl (C=O) groups is 2. The van der Waals surface area contributed by atoms with E-state index in [1.807, 2.05) is 91.9 Å². The molecule has 0 aliphatic carbocycles. The molecule has 320 valence electrons. The van der Waals surface area contributed by atoms with Crippen molar-refractivity contribution in [1.82, 2.24) is 20.0 Å². The first kappa shape index (κ1) is 43.6. The predicted molar refractivity (Wildman–Crippen MR) is 233 cm³/mol. The highest BCUT2D eigenvalue weighted by molar-refractivity contribution is 6.30. The number of amides is 2. The molecule has 2 aliphatic heterocycles. The third-order valence-corrected chi connectivity index (χ3v) is 11.7. The van der Waals surface area contributed by atoms with Crippen molar-refractivity contribution in [2.75, 3.05) is 52.4 Å². The van der Waals surface area contributed by atoms with E-state index in [1.54, 1.807) is 17.0 Å². The van der Waals surface area contributed by atoms with Gasteiger partial charge in [-0.05, 0) is 109 Å². The number of rotatable bonds is 16. The first-order chi connectivity index (χ1) is 29.7. The second-order valence-corrected chi connectivity index (χ2v) is 16.1. The van der Waals surface area contributed by atoms with Crippen molar-refractivity contribution in [3.05, 3.63) is 154 Å². The van der Waals surface area contributed by atoms with Crippen molar-refractivity contribution in [3.63, 3.8) is 0 Å². The first-order valence-electron chi connectivity index (χ1n) is 21.1. The number of hydrogen-bond acceptors (Lipinski definition) is 7. The molecular weight excluding hydrogens is 798 g/mol. The van der Waals surface area contributed by atoms with Gasteiger partial charge in [0.2, 0.25) is 5.91 Å². The number of carbonyl (C=O) groups excluding carboxylic acids is 2. The number of likely N-dealkylation sites (tertiary alicyclic amines) is 1. The van der Waals surface area contributed by atoms with E-state index in [0.717, 1.165) is 41.9 Å². The Morgan fingerprint density at radius 2 is 1.48 bits per heavy atom. The van der Waals surface area contributed by atoms with Crippen LogP contribution in [0.1, 0.15) is 42.0 Å². The van der Waals surface area contributed by atoms with Crippen molar-refractivity contribution in [2.24, 2.45) is 5.92 Å². The number of nitrogens with zero attached hydrogens (tertiary/aromatic N) is 3. The highest BCUT2D eigenvalue weighted by Crippen LogP contribution is 2.32. The molecule has 5 aromatic rings. The molecule has 0 bridgehead atoms. The van der Waals surface area contributed by atoms with Gasteiger partial charge in [-0.1, -0.05) is 84.4 Å². The third kappa shape index (κ3) is 12.1. The fourth-order valence-electron chi connectivity index (χ4n) is 8.18. The molecule has 9 nitrogen and oxygen atoms in total. The SMILES string of the molecule is CCOc1cccc(F)c1CN1CCN(C(=O)[C@H](NC(=O)OCc2ccccc2)C2CCN(CCc3cc(Cl)ccc3-c3cc(F)cc(OCc4ccccc4)c3)CC2)CC1. The summed E-state index contributed by atoms with van der Waals surface area (Å²) in [7, 11) is 0. The van der Waals surface area contributed by atoms with Crippen LogP contribution in [0.2, 0.25) is 5.02 Å². The van der Waals surface area contributed by atoms with E-state index < -0.39 is 12.1 Å². The van der Waals surface area contributed by atoms with Crippen molar-refractivity contribution >= 4 is 23.6 Å². The summed E-state index contributed by atoms with van der Waals surface area (Å²) in [6.07, 6.45) is 1.42. The zero-order valence-electron chi connectivity index (χ0n) is 34.5. The molecule has 2 aliphatic rings. The molecule has 7 rings (SSSR count). The van der Waals surface area contributed by atoms with Gasteiger partial charge in [0.1, 0.15) is 42.4 Å². The van der Waals surface area contributed by atoms with E-state index in [4.69, 9.17) is 25.8 Å². The topological polar surface area (TPSA) is 83.6 Å². The second-order valence-electron chi connectivity index (χ2n) is 15.6. The zero-order valence-corrected chi connectivity index (χ0v) is 35.3. The number of nitrogens with one attached hydrogen (secondary N) is 1. The predicted octanol–water partition coefficient (Wildman–Crippen LogP) is 9.16. The Kier molecular flexibility index (Phi) is 15.3. The van der Waals surface area contributed by atoms with Gasteiger partial charge in [-0.2, -0.15) is 0 Å². The zero-order chi connectivity index (χ0) is 42.6. The van der Waals surface area contributed by atoms with Gasteiger partial charge < -0.3 is 29.3 Å². The second kappa shape index (κ2) is 21.3. The largest absolute Gasteiger partial charge is 0.493 e. The molecular formula is C49H53ClF2N4O5. The number of piperazine rings is 1. The van der Waals surface area contributed by atoms with Gasteiger partial charge in [0.05, 0.1) is 6.61 Å². The van der Waals surface area contributed by atoms with Crippen molar-refractivity contribution < 1.29 is 32.6 Å². The Morgan fingerprint density at radius 3 is 2.18 bits per heavy atom. The Hall–Kier alpha value is -5.49. The van der Waals surface area contributed by atoms with Crippen molar-refractivity contribution in [3.8, 4) is 22.6 Å². The molecule has 12 heteroatoms. The van der Waals surface area contributed by atoms with Crippen LogP contribution in [0.3, 0.4) is 0 Å². The van der Waals surface area contributed by atoms with E-state index >= 15 is 0 Å². The van der Waals surface area contributed by atoms with Gasteiger partial charge >= 0.3 is 6.09 Å². The normalized spacial score (nSPS) is 15.6. The standard InChI is InChI=1S/C49H53ClF2N4O5/c1-2-59-46-15-9-14-45(52)44(46)32-55-24-26-56(27-25-55)48(57)47(53-49(58)61-34-36-12-7-4-8-13-36)37-18-21-54(22-19-37)23-20-38-28-40(50)16-17-43(38)39-29-41(51)31-42(30-39)60-33-35-10-5-3-6-11-35/h3-17,28-31,37,47H,2,18-27,32-34H2,1H3,(H,53,58)/t47-/m1/s1. The summed E-state index contributed by atoms with van der Waals surface area (Å²) >= 11 is 6.50. The van der Waals surface area contributed by atoms with Gasteiger partial charge in [0.15, 0.2) is 0 Å². The Morgan fingerprint density at radius 1 is 0.770 bits per heavy atom. The maximum atomic E-state index is 15.0. The van der Waals surface area contributed by atoms with E-state index in [1.165, 1.54) is 18.2 Å². The van der Waals surface area contributed by atoms with Gasteiger partial charge in [0.25, 0.3) is 0 Å². The molecule has 2 heterocycles. The van der Waals surface area contributed by atoms with Gasteiger partial charge in [0, 0.05) is 55.9 Å². The lowest BCUT2D eigenvalue weighted by atomic mass is 9.88. The molecule has 2 fully saturated rings. The number of hydrogen-bond donors (Lipinski definition) is 1. The fraction of sp³-hybridized carbons (Fsp3) is 0.347. The first-order valence-corrected chi connectivity index (χ1v) is 21.5. The van der Waals surface area contributed by atoms with Gasteiger partial charge in [-0.3, -0.25) is 9.69 Å². The average Bonchev–Trinajstić information content (AvgIpc) is 3.28. The minimum Gasteiger partial charge on any atom is -0.493 e. The minimum atomic E-state index is -0.765. The molecule has 0 unspecified atom stereocenters. The number of benzene rings is 5. The molecule has 61 heavy (non-hydrogen) atoms. The lowest BCUT2D eigenvalue weighted by molar-refractivity contribution is -0.137. The van der Waals surface area contributed by atoms with E-state index in [0.29, 0.717) is 92.8 Å². The Balaban J connectivity index is 0.981. The van der Waals surface area contributed by atoms with Crippen molar-refractivity contribution in [2.45, 2.75) is 52.0 Å². The third-order valence-electron chi connectivity index (χ3n) is 11.5. The lowest BCUT2D eigenvalue weighted by Crippen LogP contribution is -2.58. The minimum absolute atomic E-state index is 0.0909. The van der Waals surface area contributed by atoms with Crippen LogP contribution in [-0.2, 0) is 35.7 Å².